The van der Waals surface area contributed by atoms with Crippen LogP contribution in [0.1, 0.15) is 61.8 Å². The molecule has 1 nitrogen and oxygen atoms in total. The SMILES string of the molecule is CC1=C(c2ccc(C)o2)C2CC(C)C([Si](C)(C)C3C(C)CC4C(c5ccc(C)s5)=C(C)SC43)C2S1. The highest BCUT2D eigenvalue weighted by Crippen LogP contribution is 2.69. The maximum atomic E-state index is 6.18. The summed E-state index contributed by atoms with van der Waals surface area (Å²) in [6, 6.07) is 9.08. The summed E-state index contributed by atoms with van der Waals surface area (Å²) in [5.41, 5.74) is 5.01. The number of hydrogen-bond donors (Lipinski definition) is 0. The molecule has 5 heteroatoms. The third-order valence-electron chi connectivity index (χ3n) is 9.83. The zero-order chi connectivity index (χ0) is 24.8. The van der Waals surface area contributed by atoms with Crippen LogP contribution in [0.5, 0.6) is 0 Å². The van der Waals surface area contributed by atoms with Gasteiger partial charge in [0.1, 0.15) is 11.5 Å². The summed E-state index contributed by atoms with van der Waals surface area (Å²) in [5, 5.41) is 1.54. The first kappa shape index (κ1) is 24.7. The summed E-state index contributed by atoms with van der Waals surface area (Å²) in [5.74, 6) is 5.26. The number of aryl methyl sites for hydroxylation is 2. The molecule has 4 heterocycles. The third kappa shape index (κ3) is 3.77. The summed E-state index contributed by atoms with van der Waals surface area (Å²) >= 11 is 6.48. The molecule has 2 aromatic heterocycles. The highest BCUT2D eigenvalue weighted by molar-refractivity contribution is 8.04. The predicted molar refractivity (Wildman–Crippen MR) is 160 cm³/mol. The summed E-state index contributed by atoms with van der Waals surface area (Å²) in [7, 11) is -1.57. The Bertz CT molecular complexity index is 1120. The second-order valence-electron chi connectivity index (χ2n) is 12.4. The van der Waals surface area contributed by atoms with Crippen molar-refractivity contribution >= 4 is 54.1 Å². The smallest absolute Gasteiger partial charge is 0.131 e. The number of allylic oxidation sites excluding steroid dienone is 4. The van der Waals surface area contributed by atoms with Crippen molar-refractivity contribution in [1.29, 1.82) is 0 Å². The Balaban J connectivity index is 1.29. The fraction of sp³-hybridized carbons (Fsp3) is 0.600. The van der Waals surface area contributed by atoms with Crippen LogP contribution in [-0.4, -0.2) is 18.6 Å². The van der Waals surface area contributed by atoms with Crippen molar-refractivity contribution in [2.75, 3.05) is 0 Å². The lowest BCUT2D eigenvalue weighted by Crippen LogP contribution is -2.47. The van der Waals surface area contributed by atoms with Gasteiger partial charge in [-0.3, -0.25) is 0 Å². The minimum Gasteiger partial charge on any atom is -0.462 e. The maximum absolute atomic E-state index is 6.18. The fourth-order valence-electron chi connectivity index (χ4n) is 8.85. The van der Waals surface area contributed by atoms with Crippen LogP contribution in [-0.2, 0) is 0 Å². The Hall–Kier alpha value is -0.623. The Kier molecular flexibility index (Phi) is 6.15. The molecule has 2 saturated carbocycles. The zero-order valence-corrected chi connectivity index (χ0v) is 25.9. The minimum atomic E-state index is -1.57. The maximum Gasteiger partial charge on any atom is 0.131 e. The number of thiophene rings is 1. The van der Waals surface area contributed by atoms with Gasteiger partial charge in [-0.25, -0.2) is 0 Å². The van der Waals surface area contributed by atoms with Crippen LogP contribution < -0.4 is 0 Å². The van der Waals surface area contributed by atoms with Gasteiger partial charge in [0.15, 0.2) is 0 Å². The minimum absolute atomic E-state index is 0.672. The van der Waals surface area contributed by atoms with Crippen LogP contribution in [0.25, 0.3) is 11.1 Å². The van der Waals surface area contributed by atoms with Crippen molar-refractivity contribution in [1.82, 2.24) is 0 Å². The highest BCUT2D eigenvalue weighted by Gasteiger charge is 2.61. The highest BCUT2D eigenvalue weighted by atomic mass is 32.2. The molecular formula is C30H40OS3Si. The molecule has 2 aliphatic heterocycles. The lowest BCUT2D eigenvalue weighted by molar-refractivity contribution is 0.508. The predicted octanol–water partition coefficient (Wildman–Crippen LogP) is 10.1. The van der Waals surface area contributed by atoms with Gasteiger partial charge in [-0.15, -0.1) is 34.9 Å². The summed E-state index contributed by atoms with van der Waals surface area (Å²) in [6.07, 6.45) is 2.73. The monoisotopic (exact) mass is 540 g/mol. The van der Waals surface area contributed by atoms with E-state index in [1.54, 1.807) is 15.4 Å². The Morgan fingerprint density at radius 2 is 1.34 bits per heavy atom. The van der Waals surface area contributed by atoms with E-state index in [2.05, 4.69) is 102 Å². The van der Waals surface area contributed by atoms with Crippen molar-refractivity contribution in [2.24, 2.45) is 23.7 Å². The number of furan rings is 1. The molecule has 0 spiro atoms. The molecule has 4 aliphatic rings. The first-order valence-corrected chi connectivity index (χ1v) is 19.2. The standard InChI is InChI=1S/C30H40OS3Si/c1-15-13-21-25(23-11-9-17(3)31-23)19(5)33-27(21)29(15)35(7,8)30-16(2)14-22-26(20(6)34-28(22)30)24-12-10-18(4)32-24/h9-12,15-16,21-22,27-30H,13-14H2,1-8H3. The van der Waals surface area contributed by atoms with Gasteiger partial charge in [0.2, 0.25) is 0 Å². The van der Waals surface area contributed by atoms with Gasteiger partial charge in [0.05, 0.1) is 8.07 Å². The van der Waals surface area contributed by atoms with Crippen molar-refractivity contribution < 1.29 is 4.42 Å². The van der Waals surface area contributed by atoms with E-state index in [-0.39, 0.29) is 0 Å². The molecule has 0 bridgehead atoms. The quantitative estimate of drug-likeness (QED) is 0.358. The molecule has 8 unspecified atom stereocenters. The summed E-state index contributed by atoms with van der Waals surface area (Å²) < 4.78 is 6.18. The van der Waals surface area contributed by atoms with Crippen LogP contribution in [0.3, 0.4) is 0 Å². The average molecular weight is 541 g/mol. The van der Waals surface area contributed by atoms with Gasteiger partial charge in [0.25, 0.3) is 0 Å². The Morgan fingerprint density at radius 3 is 1.86 bits per heavy atom. The lowest BCUT2D eigenvalue weighted by Gasteiger charge is -2.44. The number of rotatable bonds is 4. The first-order valence-electron chi connectivity index (χ1n) is 13.5. The molecule has 2 aliphatic carbocycles. The number of thioether (sulfide) groups is 2. The Labute approximate surface area is 225 Å². The fourth-order valence-corrected chi connectivity index (χ4v) is 21.5. The van der Waals surface area contributed by atoms with E-state index in [1.165, 1.54) is 28.2 Å². The van der Waals surface area contributed by atoms with E-state index in [9.17, 15) is 0 Å². The van der Waals surface area contributed by atoms with E-state index >= 15 is 0 Å². The normalized spacial score (nSPS) is 37.0. The van der Waals surface area contributed by atoms with Gasteiger partial charge in [-0.2, -0.15) is 0 Å². The van der Waals surface area contributed by atoms with E-state index in [0.29, 0.717) is 5.92 Å². The van der Waals surface area contributed by atoms with Crippen LogP contribution in [0, 0.1) is 37.5 Å². The van der Waals surface area contributed by atoms with Crippen LogP contribution in [0.4, 0.5) is 0 Å². The topological polar surface area (TPSA) is 13.1 Å². The van der Waals surface area contributed by atoms with Gasteiger partial charge in [-0.05, 0) is 109 Å². The summed E-state index contributed by atoms with van der Waals surface area (Å²) in [6.45, 7) is 19.9. The first-order chi connectivity index (χ1) is 16.6. The molecule has 0 saturated heterocycles. The molecule has 2 aromatic rings. The second-order valence-corrected chi connectivity index (χ2v) is 21.5. The molecule has 0 amide bonds. The van der Waals surface area contributed by atoms with E-state index in [0.717, 1.165) is 50.9 Å². The van der Waals surface area contributed by atoms with Crippen molar-refractivity contribution in [3.8, 4) is 0 Å². The molecule has 6 rings (SSSR count). The van der Waals surface area contributed by atoms with Crippen molar-refractivity contribution in [3.05, 3.63) is 55.4 Å². The van der Waals surface area contributed by atoms with Crippen molar-refractivity contribution in [3.63, 3.8) is 0 Å². The molecule has 35 heavy (non-hydrogen) atoms. The second kappa shape index (κ2) is 8.71. The molecule has 2 fully saturated rings. The summed E-state index contributed by atoms with van der Waals surface area (Å²) in [4.78, 5) is 6.13. The molecule has 188 valence electrons. The largest absolute Gasteiger partial charge is 0.462 e. The molecule has 8 atom stereocenters. The van der Waals surface area contributed by atoms with E-state index in [4.69, 9.17) is 4.42 Å². The van der Waals surface area contributed by atoms with Gasteiger partial charge < -0.3 is 4.42 Å². The molecule has 0 radical (unpaired) electrons. The van der Waals surface area contributed by atoms with E-state index < -0.39 is 8.07 Å². The van der Waals surface area contributed by atoms with Crippen molar-refractivity contribution in [2.45, 2.75) is 89.1 Å². The molecule has 0 N–H and O–H groups in total. The van der Waals surface area contributed by atoms with Gasteiger partial charge in [-0.1, -0.05) is 26.9 Å². The van der Waals surface area contributed by atoms with Crippen LogP contribution in [0.15, 0.2) is 38.5 Å². The van der Waals surface area contributed by atoms with Crippen LogP contribution >= 0.6 is 34.9 Å². The molecule has 0 aromatic carbocycles. The van der Waals surface area contributed by atoms with Crippen LogP contribution in [0.2, 0.25) is 24.2 Å². The third-order valence-corrected chi connectivity index (χ3v) is 19.6. The number of hydrogen-bond acceptors (Lipinski definition) is 4. The lowest BCUT2D eigenvalue weighted by atomic mass is 9.94. The zero-order valence-electron chi connectivity index (χ0n) is 22.5. The van der Waals surface area contributed by atoms with Gasteiger partial charge >= 0.3 is 0 Å². The molecular weight excluding hydrogens is 501 g/mol. The Morgan fingerprint density at radius 1 is 0.771 bits per heavy atom. The average Bonchev–Trinajstić information content (AvgIpc) is 3.57. The van der Waals surface area contributed by atoms with Gasteiger partial charge in [0, 0.05) is 31.7 Å². The van der Waals surface area contributed by atoms with E-state index in [1.807, 2.05) is 11.3 Å². The number of fused-ring (bicyclic) bond motifs is 2.